The van der Waals surface area contributed by atoms with Crippen LogP contribution in [0.4, 0.5) is 0 Å². The third-order valence-electron chi connectivity index (χ3n) is 7.25. The number of carbonyl (C=O) groups excluding carboxylic acids is 2. The minimum atomic E-state index is -0.214. The molecular formula is C25H26N4O3. The van der Waals surface area contributed by atoms with Gasteiger partial charge in [-0.2, -0.15) is 5.26 Å². The molecule has 5 rings (SSSR count). The summed E-state index contributed by atoms with van der Waals surface area (Å²) in [6.07, 6.45) is 3.42. The molecule has 3 aliphatic heterocycles. The van der Waals surface area contributed by atoms with Crippen LogP contribution in [0.2, 0.25) is 0 Å². The number of carbonyl (C=O) groups is 2. The molecule has 7 nitrogen and oxygen atoms in total. The number of amides is 1. The number of esters is 1. The average molecular weight is 431 g/mol. The van der Waals surface area contributed by atoms with Crippen LogP contribution in [0.5, 0.6) is 0 Å². The molecule has 0 radical (unpaired) electrons. The van der Waals surface area contributed by atoms with Gasteiger partial charge in [-0.25, -0.2) is 9.78 Å². The van der Waals surface area contributed by atoms with E-state index in [9.17, 15) is 9.59 Å². The highest BCUT2D eigenvalue weighted by Crippen LogP contribution is 2.32. The standard InChI is InChI=1S/C25H26N4O3/c1-16-18(3-4-21-22(16)15-32-25(21)31)6-8-28-12-19-7-9-29(14-20(19)13-28)24(30)23-5-2-17(10-26)11-27-23/h2-5,11,19-20H,6-9,12-15H2,1H3. The van der Waals surface area contributed by atoms with Crippen molar-refractivity contribution < 1.29 is 14.3 Å². The van der Waals surface area contributed by atoms with Crippen LogP contribution >= 0.6 is 0 Å². The second-order valence-electron chi connectivity index (χ2n) is 9.07. The minimum Gasteiger partial charge on any atom is -0.457 e. The lowest BCUT2D eigenvalue weighted by molar-refractivity contribution is 0.0534. The third-order valence-corrected chi connectivity index (χ3v) is 7.25. The van der Waals surface area contributed by atoms with Crippen LogP contribution in [0.15, 0.2) is 30.5 Å². The Bertz CT molecular complexity index is 1110. The summed E-state index contributed by atoms with van der Waals surface area (Å²) in [7, 11) is 0. The topological polar surface area (TPSA) is 86.5 Å². The number of pyridine rings is 1. The lowest BCUT2D eigenvalue weighted by atomic mass is 9.88. The van der Waals surface area contributed by atoms with Crippen LogP contribution in [0.1, 0.15) is 49.5 Å². The molecule has 0 aliphatic carbocycles. The van der Waals surface area contributed by atoms with Gasteiger partial charge in [0.1, 0.15) is 18.4 Å². The van der Waals surface area contributed by atoms with Crippen molar-refractivity contribution in [1.82, 2.24) is 14.8 Å². The molecular weight excluding hydrogens is 404 g/mol. The van der Waals surface area contributed by atoms with E-state index in [-0.39, 0.29) is 11.9 Å². The van der Waals surface area contributed by atoms with Gasteiger partial charge in [0.15, 0.2) is 0 Å². The number of piperidine rings is 1. The Balaban J connectivity index is 1.18. The van der Waals surface area contributed by atoms with Crippen molar-refractivity contribution in [3.63, 3.8) is 0 Å². The highest BCUT2D eigenvalue weighted by Gasteiger charge is 2.38. The normalized spacial score (nSPS) is 22.2. The van der Waals surface area contributed by atoms with Gasteiger partial charge >= 0.3 is 5.97 Å². The molecule has 7 heteroatoms. The molecule has 2 unspecified atom stereocenters. The van der Waals surface area contributed by atoms with E-state index in [2.05, 4.69) is 22.9 Å². The molecule has 164 valence electrons. The first-order valence-electron chi connectivity index (χ1n) is 11.2. The van der Waals surface area contributed by atoms with E-state index in [0.29, 0.717) is 35.3 Å². The van der Waals surface area contributed by atoms with E-state index in [1.807, 2.05) is 17.0 Å². The van der Waals surface area contributed by atoms with Crippen LogP contribution in [0.3, 0.4) is 0 Å². The number of benzene rings is 1. The lowest BCUT2D eigenvalue weighted by Crippen LogP contribution is -2.43. The molecule has 4 heterocycles. The van der Waals surface area contributed by atoms with Gasteiger partial charge < -0.3 is 14.5 Å². The molecule has 0 saturated carbocycles. The number of nitriles is 1. The Kier molecular flexibility index (Phi) is 5.40. The van der Waals surface area contributed by atoms with Gasteiger partial charge in [0.25, 0.3) is 5.91 Å². The summed E-state index contributed by atoms with van der Waals surface area (Å²) in [5.41, 5.74) is 5.07. The number of aromatic nitrogens is 1. The zero-order valence-electron chi connectivity index (χ0n) is 18.2. The summed E-state index contributed by atoms with van der Waals surface area (Å²) in [6, 6.07) is 9.29. The van der Waals surface area contributed by atoms with Gasteiger partial charge in [0, 0.05) is 44.5 Å². The molecule has 2 saturated heterocycles. The zero-order valence-corrected chi connectivity index (χ0v) is 18.2. The first kappa shape index (κ1) is 20.7. The van der Waals surface area contributed by atoms with Gasteiger partial charge in [-0.05, 0) is 60.9 Å². The summed E-state index contributed by atoms with van der Waals surface area (Å²) in [4.78, 5) is 33.2. The lowest BCUT2D eigenvalue weighted by Gasteiger charge is -2.34. The molecule has 0 spiro atoms. The fraction of sp³-hybridized carbons (Fsp3) is 0.440. The highest BCUT2D eigenvalue weighted by atomic mass is 16.5. The molecule has 3 aliphatic rings. The number of likely N-dealkylation sites (tertiary alicyclic amines) is 2. The summed E-state index contributed by atoms with van der Waals surface area (Å²) >= 11 is 0. The molecule has 0 N–H and O–H groups in total. The summed E-state index contributed by atoms with van der Waals surface area (Å²) in [5, 5.41) is 8.92. The molecule has 2 atom stereocenters. The van der Waals surface area contributed by atoms with E-state index in [1.165, 1.54) is 17.3 Å². The van der Waals surface area contributed by atoms with E-state index in [0.717, 1.165) is 51.1 Å². The van der Waals surface area contributed by atoms with E-state index in [4.69, 9.17) is 10.00 Å². The Hall–Kier alpha value is -3.24. The van der Waals surface area contributed by atoms with Gasteiger partial charge in [-0.15, -0.1) is 0 Å². The first-order chi connectivity index (χ1) is 15.5. The Morgan fingerprint density at radius 1 is 1.22 bits per heavy atom. The number of hydrogen-bond donors (Lipinski definition) is 0. The van der Waals surface area contributed by atoms with E-state index < -0.39 is 0 Å². The Labute approximate surface area is 187 Å². The van der Waals surface area contributed by atoms with Gasteiger partial charge in [-0.3, -0.25) is 4.79 Å². The zero-order chi connectivity index (χ0) is 22.2. The molecule has 2 aromatic rings. The number of rotatable bonds is 4. The molecule has 2 fully saturated rings. The summed E-state index contributed by atoms with van der Waals surface area (Å²) in [5.74, 6) is 0.851. The van der Waals surface area contributed by atoms with Crippen molar-refractivity contribution in [1.29, 1.82) is 5.26 Å². The smallest absolute Gasteiger partial charge is 0.338 e. The number of ether oxygens (including phenoxy) is 1. The van der Waals surface area contributed by atoms with Crippen LogP contribution in [0, 0.1) is 30.1 Å². The molecule has 32 heavy (non-hydrogen) atoms. The minimum absolute atomic E-state index is 0.0445. The number of fused-ring (bicyclic) bond motifs is 2. The van der Waals surface area contributed by atoms with Crippen molar-refractivity contribution >= 4 is 11.9 Å². The SMILES string of the molecule is Cc1c(CCN2CC3CCN(C(=O)c4ccc(C#N)cn4)CC3C2)ccc2c1COC2=O. The van der Waals surface area contributed by atoms with Crippen LogP contribution in [-0.2, 0) is 17.8 Å². The second kappa shape index (κ2) is 8.36. The quantitative estimate of drug-likeness (QED) is 0.693. The van der Waals surface area contributed by atoms with Crippen LogP contribution in [-0.4, -0.2) is 59.4 Å². The number of nitrogens with zero attached hydrogens (tertiary/aromatic N) is 4. The van der Waals surface area contributed by atoms with Crippen molar-refractivity contribution in [2.24, 2.45) is 11.8 Å². The molecule has 1 amide bonds. The molecule has 1 aromatic heterocycles. The molecule has 1 aromatic carbocycles. The first-order valence-corrected chi connectivity index (χ1v) is 11.2. The largest absolute Gasteiger partial charge is 0.457 e. The van der Waals surface area contributed by atoms with Crippen molar-refractivity contribution in [2.45, 2.75) is 26.4 Å². The van der Waals surface area contributed by atoms with Gasteiger partial charge in [0.05, 0.1) is 11.1 Å². The van der Waals surface area contributed by atoms with E-state index in [1.54, 1.807) is 12.1 Å². The Morgan fingerprint density at radius 3 is 2.84 bits per heavy atom. The predicted molar refractivity (Wildman–Crippen MR) is 117 cm³/mol. The number of hydrogen-bond acceptors (Lipinski definition) is 6. The summed E-state index contributed by atoms with van der Waals surface area (Å²) in [6.45, 7) is 7.05. The maximum Gasteiger partial charge on any atom is 0.338 e. The van der Waals surface area contributed by atoms with Crippen LogP contribution in [0.25, 0.3) is 0 Å². The average Bonchev–Trinajstić information content (AvgIpc) is 3.41. The van der Waals surface area contributed by atoms with Gasteiger partial charge in [0.2, 0.25) is 0 Å². The maximum absolute atomic E-state index is 12.9. The third kappa shape index (κ3) is 3.76. The predicted octanol–water partition coefficient (Wildman–Crippen LogP) is 2.57. The van der Waals surface area contributed by atoms with Crippen molar-refractivity contribution in [2.75, 3.05) is 32.7 Å². The Morgan fingerprint density at radius 2 is 2.06 bits per heavy atom. The monoisotopic (exact) mass is 430 g/mol. The summed E-state index contributed by atoms with van der Waals surface area (Å²) < 4.78 is 5.17. The highest BCUT2D eigenvalue weighted by molar-refractivity contribution is 5.94. The van der Waals surface area contributed by atoms with Gasteiger partial charge in [-0.1, -0.05) is 6.07 Å². The fourth-order valence-corrected chi connectivity index (χ4v) is 5.33. The maximum atomic E-state index is 12.9. The fourth-order valence-electron chi connectivity index (χ4n) is 5.33. The van der Waals surface area contributed by atoms with Crippen LogP contribution < -0.4 is 0 Å². The van der Waals surface area contributed by atoms with Crippen molar-refractivity contribution in [3.8, 4) is 6.07 Å². The van der Waals surface area contributed by atoms with Crippen molar-refractivity contribution in [3.05, 3.63) is 64.0 Å². The molecule has 0 bridgehead atoms. The second-order valence-corrected chi connectivity index (χ2v) is 9.07. The van der Waals surface area contributed by atoms with E-state index >= 15 is 0 Å². The number of cyclic esters (lactones) is 1.